The second kappa shape index (κ2) is 17.0. The maximum atomic E-state index is 13.4. The Morgan fingerprint density at radius 3 is 2.00 bits per heavy atom. The lowest BCUT2D eigenvalue weighted by Crippen LogP contribution is -2.19. The lowest BCUT2D eigenvalue weighted by molar-refractivity contribution is 0.283. The van der Waals surface area contributed by atoms with Crippen molar-refractivity contribution in [3.8, 4) is 17.2 Å². The lowest BCUT2D eigenvalue weighted by Gasteiger charge is -2.29. The predicted molar refractivity (Wildman–Crippen MR) is 186 cm³/mol. The second-order valence-corrected chi connectivity index (χ2v) is 16.2. The first kappa shape index (κ1) is 36.4. The first-order valence-electron chi connectivity index (χ1n) is 16.4. The van der Waals surface area contributed by atoms with Gasteiger partial charge in [0.1, 0.15) is 17.2 Å². The van der Waals surface area contributed by atoms with Gasteiger partial charge in [0.15, 0.2) is 0 Å². The van der Waals surface area contributed by atoms with Crippen LogP contribution >= 0.6 is 19.6 Å². The van der Waals surface area contributed by atoms with Crippen LogP contribution in [0.25, 0.3) is 0 Å². The molecule has 0 radical (unpaired) electrons. The molecule has 3 rings (SSSR count). The molecule has 44 heavy (non-hydrogen) atoms. The van der Waals surface area contributed by atoms with Crippen LogP contribution in [0.15, 0.2) is 48.0 Å². The summed E-state index contributed by atoms with van der Waals surface area (Å²) >= 11 is 1.74. The summed E-state index contributed by atoms with van der Waals surface area (Å²) in [5.41, 5.74) is 2.10. The molecule has 8 heteroatoms. The molecule has 6 nitrogen and oxygen atoms in total. The number of unbranched alkanes of at least 4 members (excludes halogenated alkanes) is 9. The highest BCUT2D eigenvalue weighted by Crippen LogP contribution is 2.49. The lowest BCUT2D eigenvalue weighted by atomic mass is 9.81. The van der Waals surface area contributed by atoms with E-state index in [1.165, 1.54) is 51.4 Å². The van der Waals surface area contributed by atoms with Crippen molar-refractivity contribution in [1.29, 1.82) is 0 Å². The molecule has 0 bridgehead atoms. The summed E-state index contributed by atoms with van der Waals surface area (Å²) in [4.78, 5) is 13.1. The molecule has 246 valence electrons. The number of ether oxygens (including phenoxy) is 1. The van der Waals surface area contributed by atoms with Gasteiger partial charge in [-0.3, -0.25) is 4.89 Å². The maximum Gasteiger partial charge on any atom is 0.584 e. The summed E-state index contributed by atoms with van der Waals surface area (Å²) in [7, 11) is -4.50. The molecule has 0 saturated heterocycles. The highest BCUT2D eigenvalue weighted by atomic mass is 32.2. The molecule has 0 spiro atoms. The topological polar surface area (TPSA) is 68.2 Å². The number of hydrogen-bond donors (Lipinski definition) is 1. The average Bonchev–Trinajstić information content (AvgIpc) is 3.43. The fraction of sp³-hybridized carbons (Fsp3) is 0.611. The van der Waals surface area contributed by atoms with Crippen molar-refractivity contribution in [2.45, 2.75) is 130 Å². The van der Waals surface area contributed by atoms with Crippen molar-refractivity contribution < 1.29 is 23.2 Å². The number of hydrogen-bond acceptors (Lipinski definition) is 6. The van der Waals surface area contributed by atoms with Crippen LogP contribution in [0.5, 0.6) is 17.2 Å². The van der Waals surface area contributed by atoms with Gasteiger partial charge in [-0.15, -0.1) is 11.8 Å². The van der Waals surface area contributed by atoms with Gasteiger partial charge in [-0.1, -0.05) is 118 Å². The van der Waals surface area contributed by atoms with E-state index >= 15 is 0 Å². The molecule has 2 aromatic carbocycles. The fourth-order valence-corrected chi connectivity index (χ4v) is 6.85. The summed E-state index contributed by atoms with van der Waals surface area (Å²) in [6.45, 7) is 16.1. The van der Waals surface area contributed by atoms with Crippen LogP contribution < -0.4 is 13.8 Å². The van der Waals surface area contributed by atoms with Gasteiger partial charge in [-0.25, -0.2) is 4.57 Å². The van der Waals surface area contributed by atoms with Crippen molar-refractivity contribution in [2.75, 3.05) is 12.5 Å². The van der Waals surface area contributed by atoms with Crippen LogP contribution in [-0.2, 0) is 21.9 Å². The van der Waals surface area contributed by atoms with E-state index in [4.69, 9.17) is 13.8 Å². The monoisotopic (exact) mass is 645 g/mol. The van der Waals surface area contributed by atoms with Gasteiger partial charge in [-0.05, 0) is 52.5 Å². The van der Waals surface area contributed by atoms with Crippen LogP contribution in [0.4, 0.5) is 0 Å². The quantitative estimate of drug-likeness (QED) is 0.128. The zero-order chi connectivity index (χ0) is 32.2. The van der Waals surface area contributed by atoms with Crippen molar-refractivity contribution >= 4 is 19.6 Å². The molecule has 0 aliphatic carbocycles. The molecule has 1 atom stereocenters. The predicted octanol–water partition coefficient (Wildman–Crippen LogP) is 11.1. The van der Waals surface area contributed by atoms with Gasteiger partial charge in [0, 0.05) is 23.9 Å². The minimum Gasteiger partial charge on any atom is -0.493 e. The van der Waals surface area contributed by atoms with Gasteiger partial charge >= 0.3 is 7.82 Å². The van der Waals surface area contributed by atoms with Crippen molar-refractivity contribution in [3.05, 3.63) is 64.7 Å². The van der Waals surface area contributed by atoms with E-state index in [2.05, 4.69) is 58.8 Å². The normalized spacial score (nSPS) is 15.0. The number of thioether (sulfide) groups is 1. The zero-order valence-corrected chi connectivity index (χ0v) is 29.9. The highest BCUT2D eigenvalue weighted by Gasteiger charge is 2.32. The minimum atomic E-state index is -4.50. The molecule has 1 aliphatic rings. The third-order valence-corrected chi connectivity index (χ3v) is 9.44. The molecule has 1 N–H and O–H groups in total. The van der Waals surface area contributed by atoms with Crippen LogP contribution in [0.2, 0.25) is 0 Å². The SMILES string of the molecule is CCCCCCCCCCCCOc1cc(C(C)(C)C)c(OP(=O)(O)Oc2cccc(CN3C=CSC3)c2)cc1C(C)(C)C. The van der Waals surface area contributed by atoms with E-state index in [0.29, 0.717) is 24.7 Å². The molecule has 1 aliphatic heterocycles. The largest absolute Gasteiger partial charge is 0.584 e. The highest BCUT2D eigenvalue weighted by molar-refractivity contribution is 8.02. The first-order chi connectivity index (χ1) is 20.8. The Morgan fingerprint density at radius 2 is 1.41 bits per heavy atom. The Morgan fingerprint density at radius 1 is 0.818 bits per heavy atom. The van der Waals surface area contributed by atoms with Gasteiger partial charge in [-0.2, -0.15) is 0 Å². The Kier molecular flexibility index (Phi) is 14.1. The molecule has 0 amide bonds. The average molecular weight is 646 g/mol. The Bertz CT molecular complexity index is 1250. The summed E-state index contributed by atoms with van der Waals surface area (Å²) in [6.07, 6.45) is 14.8. The third kappa shape index (κ3) is 12.4. The molecule has 1 unspecified atom stereocenters. The summed E-state index contributed by atoms with van der Waals surface area (Å²) in [5, 5.41) is 2.06. The molecule has 0 aromatic heterocycles. The molecule has 0 saturated carbocycles. The molecule has 2 aromatic rings. The molecular weight excluding hydrogens is 589 g/mol. The van der Waals surface area contributed by atoms with E-state index in [9.17, 15) is 9.46 Å². The smallest absolute Gasteiger partial charge is 0.493 e. The number of nitrogens with zero attached hydrogens (tertiary/aromatic N) is 1. The van der Waals surface area contributed by atoms with Crippen molar-refractivity contribution in [1.82, 2.24) is 4.90 Å². The standard InChI is InChI=1S/C36H56NO5PS/c1-8-9-10-11-12-13-14-15-16-17-22-40-33-25-32(36(5,6)7)34(26-31(33)35(2,3)4)42-43(38,39)41-30-20-18-19-29(24-30)27-37-21-23-44-28-37/h18-21,23-26H,8-17,22,27-28H2,1-7H3,(H,38,39). The van der Waals surface area contributed by atoms with E-state index in [1.54, 1.807) is 23.9 Å². The fourth-order valence-electron chi connectivity index (χ4n) is 5.32. The van der Waals surface area contributed by atoms with Gasteiger partial charge in [0.05, 0.1) is 12.5 Å². The zero-order valence-electron chi connectivity index (χ0n) is 28.2. The van der Waals surface area contributed by atoms with E-state index < -0.39 is 7.82 Å². The van der Waals surface area contributed by atoms with Crippen LogP contribution in [0.1, 0.15) is 129 Å². The number of phosphoric ester groups is 1. The van der Waals surface area contributed by atoms with Crippen molar-refractivity contribution in [2.24, 2.45) is 0 Å². The van der Waals surface area contributed by atoms with Gasteiger partial charge < -0.3 is 18.7 Å². The first-order valence-corrected chi connectivity index (χ1v) is 19.0. The van der Waals surface area contributed by atoms with E-state index in [0.717, 1.165) is 41.2 Å². The van der Waals surface area contributed by atoms with E-state index in [1.807, 2.05) is 30.5 Å². The summed E-state index contributed by atoms with van der Waals surface area (Å²) < 4.78 is 31.2. The Labute approximate surface area is 271 Å². The molecule has 1 heterocycles. The third-order valence-electron chi connectivity index (χ3n) is 7.78. The van der Waals surface area contributed by atoms with Gasteiger partial charge in [0.2, 0.25) is 0 Å². The number of benzene rings is 2. The van der Waals surface area contributed by atoms with Crippen LogP contribution in [0, 0.1) is 0 Å². The van der Waals surface area contributed by atoms with Gasteiger partial charge in [0.25, 0.3) is 0 Å². The minimum absolute atomic E-state index is 0.265. The Balaban J connectivity index is 1.68. The summed E-state index contributed by atoms with van der Waals surface area (Å²) in [5.74, 6) is 2.34. The van der Waals surface area contributed by atoms with Crippen molar-refractivity contribution in [3.63, 3.8) is 0 Å². The van der Waals surface area contributed by atoms with E-state index in [-0.39, 0.29) is 10.8 Å². The second-order valence-electron chi connectivity index (χ2n) is 14.0. The Hall–Kier alpha value is -2.08. The number of phosphoric acid groups is 1. The van der Waals surface area contributed by atoms with Crippen LogP contribution in [-0.4, -0.2) is 22.3 Å². The maximum absolute atomic E-state index is 13.4. The molecular formula is C36H56NO5PS. The molecule has 0 fully saturated rings. The number of rotatable bonds is 18. The van der Waals surface area contributed by atoms with Crippen LogP contribution in [0.3, 0.4) is 0 Å². The summed E-state index contributed by atoms with van der Waals surface area (Å²) in [6, 6.07) is 11.1.